The Hall–Kier alpha value is -8.88. The molecule has 5 aliphatic rings. The topological polar surface area (TPSA) is 21.7 Å². The number of hydrogen-bond acceptors (Lipinski definition) is 4. The van der Waals surface area contributed by atoms with Gasteiger partial charge in [-0.15, -0.1) is 11.3 Å². The first-order valence-electron chi connectivity index (χ1n) is 26.6. The lowest BCUT2D eigenvalue weighted by Crippen LogP contribution is -2.33. The van der Waals surface area contributed by atoms with Crippen molar-refractivity contribution in [3.63, 3.8) is 0 Å². The Morgan fingerprint density at radius 3 is 1.65 bits per heavy atom. The summed E-state index contributed by atoms with van der Waals surface area (Å²) >= 11 is 1.53. The van der Waals surface area contributed by atoms with Gasteiger partial charge in [-0.05, 0) is 142 Å². The average Bonchev–Trinajstić information content (AvgIpc) is 3.58. The van der Waals surface area contributed by atoms with Crippen molar-refractivity contribution in [2.24, 2.45) is 0 Å². The third kappa shape index (κ3) is 6.06. The van der Waals surface area contributed by atoms with Crippen LogP contribution < -0.4 is 14.4 Å². The number of ether oxygens (including phenoxy) is 2. The smallest absolute Gasteiger partial charge is 0.132 e. The van der Waals surface area contributed by atoms with E-state index >= 15 is 0 Å². The number of thiophene rings is 1. The van der Waals surface area contributed by atoms with Gasteiger partial charge in [-0.3, -0.25) is 0 Å². The highest BCUT2D eigenvalue weighted by Crippen LogP contribution is 2.65. The maximum atomic E-state index is 6.77. The summed E-state index contributed by atoms with van der Waals surface area (Å²) in [6.07, 6.45) is 2.44. The lowest BCUT2D eigenvalue weighted by Gasteiger charge is -2.40. The van der Waals surface area contributed by atoms with E-state index in [2.05, 4.69) is 268 Å². The molecule has 3 nitrogen and oxygen atoms in total. The maximum absolute atomic E-state index is 6.77. The molecule has 78 heavy (non-hydrogen) atoms. The Kier molecular flexibility index (Phi) is 9.54. The molecule has 17 rings (SSSR count). The number of fused-ring (bicyclic) bond motifs is 20. The number of rotatable bonds is 5. The molecule has 1 aromatic heterocycles. The molecular formula is C73H44INO2S. The van der Waals surface area contributed by atoms with Crippen molar-refractivity contribution in [2.75, 3.05) is 4.90 Å². The molecule has 0 amide bonds. The van der Waals surface area contributed by atoms with E-state index in [1.54, 1.807) is 0 Å². The Bertz CT molecular complexity index is 4560. The lowest BCUT2D eigenvalue weighted by molar-refractivity contribution is 0.435. The van der Waals surface area contributed by atoms with E-state index in [1.165, 1.54) is 87.0 Å². The molecule has 366 valence electrons. The van der Waals surface area contributed by atoms with Crippen LogP contribution in [0.25, 0.3) is 59.1 Å². The molecule has 0 radical (unpaired) electrons. The van der Waals surface area contributed by atoms with Gasteiger partial charge >= 0.3 is 0 Å². The Labute approximate surface area is 466 Å². The van der Waals surface area contributed by atoms with E-state index in [0.717, 1.165) is 62.3 Å². The Morgan fingerprint density at radius 2 is 0.923 bits per heavy atom. The van der Waals surface area contributed by atoms with Gasteiger partial charge in [-0.2, -0.15) is 0 Å². The number of halogens is 1. The van der Waals surface area contributed by atoms with Gasteiger partial charge in [0.1, 0.15) is 23.0 Å². The molecule has 0 unspecified atom stereocenters. The van der Waals surface area contributed by atoms with Gasteiger partial charge in [0.15, 0.2) is 0 Å². The summed E-state index contributed by atoms with van der Waals surface area (Å²) in [4.78, 5) is 2.52. The van der Waals surface area contributed by atoms with Crippen molar-refractivity contribution >= 4 is 78.9 Å². The fourth-order valence-electron chi connectivity index (χ4n) is 13.9. The minimum absolute atomic E-state index is 0.333. The summed E-state index contributed by atoms with van der Waals surface area (Å²) in [6, 6.07) is 91.9. The van der Waals surface area contributed by atoms with Crippen LogP contribution in [0.2, 0.25) is 0 Å². The monoisotopic (exact) mass is 1130 g/mol. The van der Waals surface area contributed by atoms with Gasteiger partial charge in [-0.25, -0.2) is 0 Å². The second-order valence-electron chi connectivity index (χ2n) is 20.8. The van der Waals surface area contributed by atoms with Crippen LogP contribution in [0.5, 0.6) is 23.0 Å². The molecule has 0 N–H and O–H groups in total. The second-order valence-corrected chi connectivity index (χ2v) is 23.9. The van der Waals surface area contributed by atoms with Crippen LogP contribution in [0.4, 0.5) is 17.1 Å². The van der Waals surface area contributed by atoms with Gasteiger partial charge in [-0.1, -0.05) is 203 Å². The van der Waals surface area contributed by atoms with Gasteiger partial charge in [0.25, 0.3) is 0 Å². The number of allylic oxidation sites excluding steroid dienone is 3. The zero-order chi connectivity index (χ0) is 51.1. The van der Waals surface area contributed by atoms with Gasteiger partial charge in [0.2, 0.25) is 0 Å². The predicted molar refractivity (Wildman–Crippen MR) is 331 cm³/mol. The van der Waals surface area contributed by atoms with Crippen molar-refractivity contribution in [3.8, 4) is 56.4 Å². The lowest BCUT2D eigenvalue weighted by atomic mass is 9.65. The molecule has 0 atom stereocenters. The molecule has 2 spiro atoms. The third-order valence-electron chi connectivity index (χ3n) is 17.0. The van der Waals surface area contributed by atoms with Crippen LogP contribution >= 0.6 is 32.1 Å². The van der Waals surface area contributed by atoms with Crippen molar-refractivity contribution in [1.82, 2.24) is 0 Å². The first-order valence-corrected chi connectivity index (χ1v) is 29.9. The molecule has 3 aliphatic heterocycles. The first-order chi connectivity index (χ1) is 38.7. The van der Waals surface area contributed by atoms with Crippen LogP contribution in [-0.2, 0) is 10.8 Å². The molecule has 5 heteroatoms. The molecule has 11 aromatic carbocycles. The van der Waals surface area contributed by atoms with E-state index in [4.69, 9.17) is 9.47 Å². The maximum Gasteiger partial charge on any atom is 0.132 e. The highest BCUT2D eigenvalue weighted by atomic mass is 127. The summed E-state index contributed by atoms with van der Waals surface area (Å²) in [5, 5.41) is 2.63. The fraction of sp³-hybridized carbons (Fsp3) is 0.0274. The highest BCUT2D eigenvalue weighted by molar-refractivity contribution is 14.2. The molecule has 4 heterocycles. The molecule has 0 saturated carbocycles. The second kappa shape index (κ2) is 16.8. The number of benzene rings is 11. The Morgan fingerprint density at radius 1 is 0.372 bits per heavy atom. The average molecular weight is 1130 g/mol. The number of para-hydroxylation sites is 4. The quantitative estimate of drug-likeness (QED) is 0.160. The summed E-state index contributed by atoms with van der Waals surface area (Å²) in [7, 11) is 0. The molecular weight excluding hydrogens is 1080 g/mol. The SMILES string of the molecule is C1=CC2=C(C=I1)c1c(N(c3ccc(-c4ccc5c(c4)sc4ccccc45)cc3)c3cccc(-c4ccc5c(c4)C4(c6ccccc6Oc6ccccc64)c4ccccc4-5)c3)cccc1C21c2ccccc2Oc2ccccc21. The van der Waals surface area contributed by atoms with Gasteiger partial charge in [0.05, 0.1) is 16.5 Å². The van der Waals surface area contributed by atoms with E-state index in [1.807, 2.05) is 11.3 Å². The van der Waals surface area contributed by atoms with E-state index in [-0.39, 0.29) is 20.7 Å². The largest absolute Gasteiger partial charge is 0.457 e. The zero-order valence-electron chi connectivity index (χ0n) is 42.0. The number of hydrogen-bond donors (Lipinski definition) is 0. The van der Waals surface area contributed by atoms with Gasteiger partial charge < -0.3 is 14.4 Å². The number of anilines is 3. The summed E-state index contributed by atoms with van der Waals surface area (Å²) in [5.41, 5.74) is 21.7. The van der Waals surface area contributed by atoms with Crippen molar-refractivity contribution < 1.29 is 9.47 Å². The van der Waals surface area contributed by atoms with Crippen LogP contribution in [0.1, 0.15) is 44.5 Å². The molecule has 0 saturated heterocycles. The number of nitrogens with zero attached hydrogens (tertiary/aromatic N) is 1. The summed E-state index contributed by atoms with van der Waals surface area (Å²) in [6.45, 7) is 0. The standard InChI is InChI=1S/C73H44INO2S/c1-3-19-56-51(17-1)52-37-33-47(42-63(52)73(56)60-22-6-10-28-67(60)77-68-29-11-7-23-61(68)73)46-15-13-16-50(41-46)75(49-35-31-45(32-36-49)48-34-38-54-53-18-2-12-30-69(53)78-70(54)43-48)64-25-14-24-62-71(64)55-44-74-40-39-57(55)72(62)58-20-4-8-26-65(58)76-66-27-9-5-21-59(66)72/h1-44H. The molecule has 0 bridgehead atoms. The van der Waals surface area contributed by atoms with Crippen molar-refractivity contribution in [1.29, 1.82) is 0 Å². The van der Waals surface area contributed by atoms with Crippen LogP contribution in [0.3, 0.4) is 0 Å². The predicted octanol–water partition coefficient (Wildman–Crippen LogP) is 19.8. The normalized spacial score (nSPS) is 15.0. The fourth-order valence-corrected chi connectivity index (χ4v) is 16.8. The highest BCUT2D eigenvalue weighted by Gasteiger charge is 2.53. The van der Waals surface area contributed by atoms with E-state index < -0.39 is 10.8 Å². The molecule has 0 fully saturated rings. The van der Waals surface area contributed by atoms with Crippen LogP contribution in [0, 0.1) is 0 Å². The Balaban J connectivity index is 0.872. The van der Waals surface area contributed by atoms with E-state index in [9.17, 15) is 0 Å². The van der Waals surface area contributed by atoms with Crippen molar-refractivity contribution in [2.45, 2.75) is 10.8 Å². The zero-order valence-corrected chi connectivity index (χ0v) is 44.9. The van der Waals surface area contributed by atoms with Crippen molar-refractivity contribution in [3.05, 3.63) is 309 Å². The van der Waals surface area contributed by atoms with Gasteiger partial charge in [0, 0.05) is 59.4 Å². The van der Waals surface area contributed by atoms with E-state index in [0.29, 0.717) is 0 Å². The van der Waals surface area contributed by atoms with Crippen LogP contribution in [0.15, 0.2) is 264 Å². The minimum Gasteiger partial charge on any atom is -0.457 e. The van der Waals surface area contributed by atoms with Crippen LogP contribution in [-0.4, -0.2) is 4.01 Å². The first kappa shape index (κ1) is 44.3. The summed E-state index contributed by atoms with van der Waals surface area (Å²) in [5.74, 6) is 3.58. The minimum atomic E-state index is -0.578. The molecule has 2 aliphatic carbocycles. The third-order valence-corrected chi connectivity index (χ3v) is 19.9. The molecule has 12 aromatic rings. The summed E-state index contributed by atoms with van der Waals surface area (Å²) < 4.78 is 21.1.